The predicted molar refractivity (Wildman–Crippen MR) is 68.1 cm³/mol. The van der Waals surface area contributed by atoms with Crippen LogP contribution in [0.1, 0.15) is 16.8 Å². The van der Waals surface area contributed by atoms with Crippen molar-refractivity contribution >= 4 is 11.6 Å². The lowest BCUT2D eigenvalue weighted by Gasteiger charge is -2.03. The van der Waals surface area contributed by atoms with Crippen LogP contribution in [0.5, 0.6) is 0 Å². The summed E-state index contributed by atoms with van der Waals surface area (Å²) in [5.41, 5.74) is 3.28. The smallest absolute Gasteiger partial charge is 0.0675 e. The van der Waals surface area contributed by atoms with Crippen molar-refractivity contribution in [2.24, 2.45) is 0 Å². The van der Waals surface area contributed by atoms with Crippen molar-refractivity contribution in [3.8, 4) is 0 Å². The molecule has 0 aliphatic carbocycles. The summed E-state index contributed by atoms with van der Waals surface area (Å²) in [6.45, 7) is 3.51. The highest BCUT2D eigenvalue weighted by molar-refractivity contribution is 6.31. The molecular weight excluding hydrogens is 236 g/mol. The SMILES string of the molecule is CNCc1cn(Cc2ccncc2Cl)nc1C. The maximum absolute atomic E-state index is 6.07. The predicted octanol–water partition coefficient (Wildman–Crippen LogP) is 2.01. The molecule has 2 aromatic rings. The third kappa shape index (κ3) is 2.84. The van der Waals surface area contributed by atoms with Crippen molar-refractivity contribution in [2.45, 2.75) is 20.0 Å². The van der Waals surface area contributed by atoms with Crippen LogP contribution in [0.25, 0.3) is 0 Å². The molecule has 2 rings (SSSR count). The van der Waals surface area contributed by atoms with Gasteiger partial charge in [0, 0.05) is 30.7 Å². The number of halogens is 1. The van der Waals surface area contributed by atoms with E-state index in [0.29, 0.717) is 11.6 Å². The van der Waals surface area contributed by atoms with Crippen LogP contribution in [0.2, 0.25) is 5.02 Å². The van der Waals surface area contributed by atoms with Gasteiger partial charge in [0.1, 0.15) is 0 Å². The molecule has 4 nitrogen and oxygen atoms in total. The zero-order valence-electron chi connectivity index (χ0n) is 9.94. The zero-order valence-corrected chi connectivity index (χ0v) is 10.7. The second-order valence-corrected chi connectivity index (χ2v) is 4.34. The van der Waals surface area contributed by atoms with Gasteiger partial charge in [-0.1, -0.05) is 11.6 Å². The average molecular weight is 251 g/mol. The van der Waals surface area contributed by atoms with Crippen LogP contribution in [0.3, 0.4) is 0 Å². The van der Waals surface area contributed by atoms with Gasteiger partial charge in [0.25, 0.3) is 0 Å². The van der Waals surface area contributed by atoms with Crippen molar-refractivity contribution in [3.63, 3.8) is 0 Å². The van der Waals surface area contributed by atoms with Crippen LogP contribution >= 0.6 is 11.6 Å². The van der Waals surface area contributed by atoms with Gasteiger partial charge in [0.15, 0.2) is 0 Å². The molecule has 0 fully saturated rings. The molecule has 0 aliphatic heterocycles. The Labute approximate surface area is 106 Å². The summed E-state index contributed by atoms with van der Waals surface area (Å²) in [4.78, 5) is 3.97. The van der Waals surface area contributed by atoms with Gasteiger partial charge in [-0.2, -0.15) is 5.10 Å². The Balaban J connectivity index is 2.19. The van der Waals surface area contributed by atoms with Crippen LogP contribution in [0.4, 0.5) is 0 Å². The van der Waals surface area contributed by atoms with E-state index in [2.05, 4.69) is 15.4 Å². The molecule has 1 N–H and O–H groups in total. The monoisotopic (exact) mass is 250 g/mol. The zero-order chi connectivity index (χ0) is 12.3. The number of hydrogen-bond acceptors (Lipinski definition) is 3. The first kappa shape index (κ1) is 12.1. The van der Waals surface area contributed by atoms with Crippen LogP contribution in [0.15, 0.2) is 24.7 Å². The second kappa shape index (κ2) is 5.29. The molecule has 0 aliphatic rings. The molecular formula is C12H15ClN4. The second-order valence-electron chi connectivity index (χ2n) is 3.93. The maximum Gasteiger partial charge on any atom is 0.0675 e. The fraction of sp³-hybridized carbons (Fsp3) is 0.333. The van der Waals surface area contributed by atoms with Crippen LogP contribution in [0, 0.1) is 6.92 Å². The third-order valence-corrected chi connectivity index (χ3v) is 2.94. The lowest BCUT2D eigenvalue weighted by Crippen LogP contribution is -2.05. The van der Waals surface area contributed by atoms with Crippen molar-refractivity contribution in [1.29, 1.82) is 0 Å². The number of aryl methyl sites for hydroxylation is 1. The van der Waals surface area contributed by atoms with Gasteiger partial charge in [0.05, 0.1) is 17.3 Å². The molecule has 0 atom stereocenters. The molecule has 0 bridgehead atoms. The van der Waals surface area contributed by atoms with Crippen LogP contribution < -0.4 is 5.32 Å². The largest absolute Gasteiger partial charge is 0.316 e. The molecule has 0 spiro atoms. The highest BCUT2D eigenvalue weighted by atomic mass is 35.5. The first-order valence-corrected chi connectivity index (χ1v) is 5.84. The fourth-order valence-electron chi connectivity index (χ4n) is 1.71. The molecule has 17 heavy (non-hydrogen) atoms. The van der Waals surface area contributed by atoms with E-state index in [1.54, 1.807) is 12.4 Å². The van der Waals surface area contributed by atoms with Gasteiger partial charge >= 0.3 is 0 Å². The van der Waals surface area contributed by atoms with Gasteiger partial charge < -0.3 is 5.32 Å². The fourth-order valence-corrected chi connectivity index (χ4v) is 1.89. The van der Waals surface area contributed by atoms with E-state index in [4.69, 9.17) is 11.6 Å². The highest BCUT2D eigenvalue weighted by Crippen LogP contribution is 2.15. The number of pyridine rings is 1. The van der Waals surface area contributed by atoms with Crippen LogP contribution in [-0.4, -0.2) is 21.8 Å². The minimum absolute atomic E-state index is 0.673. The molecule has 0 saturated carbocycles. The summed E-state index contributed by atoms with van der Waals surface area (Å²) in [6, 6.07) is 1.91. The highest BCUT2D eigenvalue weighted by Gasteiger charge is 2.06. The van der Waals surface area contributed by atoms with Gasteiger partial charge in [0.2, 0.25) is 0 Å². The number of nitrogens with zero attached hydrogens (tertiary/aromatic N) is 3. The summed E-state index contributed by atoms with van der Waals surface area (Å²) in [5.74, 6) is 0. The average Bonchev–Trinajstić information content (AvgIpc) is 2.63. The van der Waals surface area contributed by atoms with Crippen molar-refractivity contribution in [3.05, 3.63) is 46.5 Å². The van der Waals surface area contributed by atoms with E-state index >= 15 is 0 Å². The summed E-state index contributed by atoms with van der Waals surface area (Å²) in [6.07, 6.45) is 5.44. The molecule has 0 saturated heterocycles. The molecule has 5 heteroatoms. The van der Waals surface area contributed by atoms with Crippen LogP contribution in [-0.2, 0) is 13.1 Å². The molecule has 90 valence electrons. The summed E-state index contributed by atoms with van der Waals surface area (Å²) in [5, 5.41) is 8.26. The Bertz CT molecular complexity index is 507. The topological polar surface area (TPSA) is 42.7 Å². The summed E-state index contributed by atoms with van der Waals surface area (Å²) < 4.78 is 1.91. The van der Waals surface area contributed by atoms with E-state index in [1.165, 1.54) is 5.56 Å². The third-order valence-electron chi connectivity index (χ3n) is 2.60. The lowest BCUT2D eigenvalue weighted by molar-refractivity contribution is 0.678. The maximum atomic E-state index is 6.07. The normalized spacial score (nSPS) is 10.8. The quantitative estimate of drug-likeness (QED) is 0.903. The van der Waals surface area contributed by atoms with E-state index in [-0.39, 0.29) is 0 Å². The van der Waals surface area contributed by atoms with Crippen molar-refractivity contribution in [2.75, 3.05) is 7.05 Å². The molecule has 0 amide bonds. The minimum atomic E-state index is 0.673. The number of rotatable bonds is 4. The minimum Gasteiger partial charge on any atom is -0.316 e. The molecule has 0 unspecified atom stereocenters. The van der Waals surface area contributed by atoms with Gasteiger partial charge in [-0.25, -0.2) is 0 Å². The summed E-state index contributed by atoms with van der Waals surface area (Å²) in [7, 11) is 1.93. The lowest BCUT2D eigenvalue weighted by atomic mass is 10.2. The number of nitrogens with one attached hydrogen (secondary N) is 1. The number of hydrogen-bond donors (Lipinski definition) is 1. The van der Waals surface area contributed by atoms with Gasteiger partial charge in [-0.15, -0.1) is 0 Å². The van der Waals surface area contributed by atoms with E-state index in [1.807, 2.05) is 30.9 Å². The Morgan fingerprint density at radius 2 is 2.24 bits per heavy atom. The molecule has 0 radical (unpaired) electrons. The number of aromatic nitrogens is 3. The molecule has 2 aromatic heterocycles. The van der Waals surface area contributed by atoms with Crippen molar-refractivity contribution < 1.29 is 0 Å². The van der Waals surface area contributed by atoms with E-state index in [0.717, 1.165) is 17.8 Å². The first-order valence-electron chi connectivity index (χ1n) is 5.46. The Kier molecular flexibility index (Phi) is 3.76. The Hall–Kier alpha value is -1.39. The first-order chi connectivity index (χ1) is 8.20. The van der Waals surface area contributed by atoms with E-state index < -0.39 is 0 Å². The summed E-state index contributed by atoms with van der Waals surface area (Å²) >= 11 is 6.07. The Morgan fingerprint density at radius 1 is 1.41 bits per heavy atom. The Morgan fingerprint density at radius 3 is 2.94 bits per heavy atom. The molecule has 0 aromatic carbocycles. The van der Waals surface area contributed by atoms with Gasteiger partial charge in [-0.05, 0) is 25.6 Å². The van der Waals surface area contributed by atoms with Crippen molar-refractivity contribution in [1.82, 2.24) is 20.1 Å². The molecule has 2 heterocycles. The van der Waals surface area contributed by atoms with Gasteiger partial charge in [-0.3, -0.25) is 9.67 Å². The van der Waals surface area contributed by atoms with E-state index in [9.17, 15) is 0 Å². The standard InChI is InChI=1S/C12H15ClN4/c1-9-11(5-14-2)8-17(16-9)7-10-3-4-15-6-12(10)13/h3-4,6,8,14H,5,7H2,1-2H3.